The van der Waals surface area contributed by atoms with Gasteiger partial charge in [-0.25, -0.2) is 0 Å². The van der Waals surface area contributed by atoms with Gasteiger partial charge in [0, 0.05) is 62.0 Å². The summed E-state index contributed by atoms with van der Waals surface area (Å²) >= 11 is 0. The van der Waals surface area contributed by atoms with E-state index in [2.05, 4.69) is 49.0 Å². The van der Waals surface area contributed by atoms with E-state index in [1.165, 1.54) is 12.3 Å². The number of hydrogen-bond acceptors (Lipinski definition) is 5. The Morgan fingerprint density at radius 1 is 1.35 bits per heavy atom. The number of amides is 1. The lowest BCUT2D eigenvalue weighted by Gasteiger charge is -2.60. The molecule has 0 radical (unpaired) electrons. The van der Waals surface area contributed by atoms with Crippen LogP contribution in [0.2, 0.25) is 0 Å². The van der Waals surface area contributed by atoms with Gasteiger partial charge in [-0.3, -0.25) is 9.80 Å². The highest BCUT2D eigenvalue weighted by Crippen LogP contribution is 2.50. The van der Waals surface area contributed by atoms with Crippen molar-refractivity contribution in [3.8, 4) is 0 Å². The monoisotopic (exact) mass is 421 g/mol. The van der Waals surface area contributed by atoms with Crippen LogP contribution in [0.1, 0.15) is 50.7 Å². The van der Waals surface area contributed by atoms with E-state index >= 15 is 0 Å². The van der Waals surface area contributed by atoms with Crippen LogP contribution in [0.15, 0.2) is 48.1 Å². The van der Waals surface area contributed by atoms with Crippen molar-refractivity contribution in [3.63, 3.8) is 0 Å². The Hall–Kier alpha value is -2.89. The topological polar surface area (TPSA) is 71.8 Å². The molecule has 0 unspecified atom stereocenters. The van der Waals surface area contributed by atoms with Gasteiger partial charge in [-0.1, -0.05) is 31.7 Å². The molecule has 0 bridgehead atoms. The first-order valence-corrected chi connectivity index (χ1v) is 11.2. The minimum atomic E-state index is 0.0384. The SMILES string of the molecule is C=CC(=O)N1CC2(CC(N(CC)/N=C(\C/C=C/CC)c3ccc(NC)c(C=N)c3)C2)C1. The summed E-state index contributed by atoms with van der Waals surface area (Å²) in [6.07, 6.45) is 11.1. The first kappa shape index (κ1) is 22.8. The molecule has 0 aromatic heterocycles. The van der Waals surface area contributed by atoms with Crippen molar-refractivity contribution in [2.24, 2.45) is 10.5 Å². The third kappa shape index (κ3) is 4.89. The second kappa shape index (κ2) is 9.94. The number of hydrogen-bond donors (Lipinski definition) is 2. The zero-order chi connectivity index (χ0) is 22.4. The number of carbonyl (C=O) groups is 1. The molecule has 1 saturated carbocycles. The molecule has 2 aliphatic rings. The van der Waals surface area contributed by atoms with Gasteiger partial charge in [0.25, 0.3) is 0 Å². The van der Waals surface area contributed by atoms with Crippen LogP contribution in [0.3, 0.4) is 0 Å². The fourth-order valence-corrected chi connectivity index (χ4v) is 4.69. The van der Waals surface area contributed by atoms with E-state index in [4.69, 9.17) is 10.5 Å². The molecule has 166 valence electrons. The van der Waals surface area contributed by atoms with Crippen molar-refractivity contribution in [1.29, 1.82) is 5.41 Å². The Bertz CT molecular complexity index is 874. The Kier molecular flexibility index (Phi) is 7.31. The summed E-state index contributed by atoms with van der Waals surface area (Å²) in [5.41, 5.74) is 4.15. The fraction of sp³-hybridized carbons (Fsp3) is 0.480. The summed E-state index contributed by atoms with van der Waals surface area (Å²) in [5.74, 6) is 0.0384. The van der Waals surface area contributed by atoms with Crippen LogP contribution < -0.4 is 5.32 Å². The molecule has 2 fully saturated rings. The zero-order valence-electron chi connectivity index (χ0n) is 19.0. The Morgan fingerprint density at radius 3 is 2.68 bits per heavy atom. The Morgan fingerprint density at radius 2 is 2.10 bits per heavy atom. The number of allylic oxidation sites excluding steroid dienone is 2. The van der Waals surface area contributed by atoms with Crippen molar-refractivity contribution in [2.75, 3.05) is 32.0 Å². The Labute approximate surface area is 186 Å². The van der Waals surface area contributed by atoms with E-state index in [0.29, 0.717) is 6.04 Å². The van der Waals surface area contributed by atoms with Gasteiger partial charge >= 0.3 is 0 Å². The maximum absolute atomic E-state index is 11.8. The lowest BCUT2D eigenvalue weighted by atomic mass is 9.60. The fourth-order valence-electron chi connectivity index (χ4n) is 4.69. The first-order chi connectivity index (χ1) is 15.0. The van der Waals surface area contributed by atoms with Crippen molar-refractivity contribution in [3.05, 3.63) is 54.1 Å². The molecular weight excluding hydrogens is 386 g/mol. The maximum Gasteiger partial charge on any atom is 0.245 e. The van der Waals surface area contributed by atoms with Gasteiger partial charge < -0.3 is 15.6 Å². The molecule has 31 heavy (non-hydrogen) atoms. The molecule has 6 nitrogen and oxygen atoms in total. The molecule has 1 heterocycles. The van der Waals surface area contributed by atoms with Gasteiger partial charge in [0.05, 0.1) is 5.71 Å². The molecule has 1 spiro atoms. The number of anilines is 1. The normalized spacial score (nSPS) is 17.9. The van der Waals surface area contributed by atoms with Crippen molar-refractivity contribution in [2.45, 2.75) is 45.6 Å². The molecule has 6 heteroatoms. The van der Waals surface area contributed by atoms with E-state index in [1.807, 2.05) is 24.1 Å². The lowest BCUT2D eigenvalue weighted by molar-refractivity contribution is -0.152. The van der Waals surface area contributed by atoms with Crippen LogP contribution in [0.4, 0.5) is 5.69 Å². The van der Waals surface area contributed by atoms with Crippen LogP contribution in [0.5, 0.6) is 0 Å². The van der Waals surface area contributed by atoms with Gasteiger partial charge in [0.1, 0.15) is 0 Å². The van der Waals surface area contributed by atoms with Crippen LogP contribution >= 0.6 is 0 Å². The number of carbonyl (C=O) groups excluding carboxylic acids is 1. The highest BCUT2D eigenvalue weighted by Gasteiger charge is 2.54. The third-order valence-corrected chi connectivity index (χ3v) is 6.39. The van der Waals surface area contributed by atoms with Crippen LogP contribution in [-0.4, -0.2) is 60.5 Å². The van der Waals surface area contributed by atoms with E-state index in [1.54, 1.807) is 0 Å². The lowest BCUT2D eigenvalue weighted by Crippen LogP contribution is -2.66. The summed E-state index contributed by atoms with van der Waals surface area (Å²) < 4.78 is 0. The number of rotatable bonds is 10. The predicted molar refractivity (Wildman–Crippen MR) is 129 cm³/mol. The number of nitrogens with one attached hydrogen (secondary N) is 2. The second-order valence-electron chi connectivity index (χ2n) is 8.54. The van der Waals surface area contributed by atoms with Crippen LogP contribution in [-0.2, 0) is 4.79 Å². The number of hydrazone groups is 1. The quantitative estimate of drug-likeness (QED) is 0.256. The van der Waals surface area contributed by atoms with E-state index in [9.17, 15) is 4.79 Å². The molecule has 1 aliphatic carbocycles. The molecular formula is C25H35N5O. The van der Waals surface area contributed by atoms with Crippen molar-refractivity contribution < 1.29 is 4.79 Å². The molecule has 1 amide bonds. The first-order valence-electron chi connectivity index (χ1n) is 11.2. The molecule has 0 atom stereocenters. The highest BCUT2D eigenvalue weighted by atomic mass is 16.2. The minimum absolute atomic E-state index is 0.0384. The molecule has 1 aromatic carbocycles. The summed E-state index contributed by atoms with van der Waals surface area (Å²) in [5, 5.41) is 18.2. The van der Waals surface area contributed by atoms with Gasteiger partial charge in [0.15, 0.2) is 0 Å². The molecule has 2 N–H and O–H groups in total. The van der Waals surface area contributed by atoms with Crippen molar-refractivity contribution >= 4 is 23.5 Å². The van der Waals surface area contributed by atoms with Crippen molar-refractivity contribution in [1.82, 2.24) is 9.91 Å². The van der Waals surface area contributed by atoms with E-state index in [0.717, 1.165) is 67.8 Å². The molecule has 1 aromatic rings. The molecule has 1 saturated heterocycles. The van der Waals surface area contributed by atoms with E-state index in [-0.39, 0.29) is 11.3 Å². The average molecular weight is 422 g/mol. The standard InChI is InChI=1S/C25H35N5O/c1-5-8-9-10-23(19-11-12-22(27-4)20(13-19)16-26)28-30(7-3)21-14-25(15-21)17-29(18-25)24(31)6-2/h6,8-9,11-13,16,21,26-27H,2,5,7,10,14-15,17-18H2,1,3-4H3/b9-8+,26-16?,28-23+. The number of nitrogens with zero attached hydrogens (tertiary/aromatic N) is 3. The van der Waals surface area contributed by atoms with Gasteiger partial charge in [-0.15, -0.1) is 0 Å². The van der Waals surface area contributed by atoms with Crippen LogP contribution in [0, 0.1) is 10.8 Å². The summed E-state index contributed by atoms with van der Waals surface area (Å²) in [4.78, 5) is 13.6. The van der Waals surface area contributed by atoms with Gasteiger partial charge in [0.2, 0.25) is 5.91 Å². The summed E-state index contributed by atoms with van der Waals surface area (Å²) in [6.45, 7) is 10.4. The number of benzene rings is 1. The zero-order valence-corrected chi connectivity index (χ0v) is 19.0. The van der Waals surface area contributed by atoms with Gasteiger partial charge in [-0.2, -0.15) is 5.10 Å². The smallest absolute Gasteiger partial charge is 0.245 e. The minimum Gasteiger partial charge on any atom is -0.388 e. The maximum atomic E-state index is 11.8. The summed E-state index contributed by atoms with van der Waals surface area (Å²) in [6, 6.07) is 6.55. The molecule has 3 rings (SSSR count). The Balaban J connectivity index is 1.76. The number of likely N-dealkylation sites (tertiary alicyclic amines) is 1. The van der Waals surface area contributed by atoms with Gasteiger partial charge in [-0.05, 0) is 50.0 Å². The second-order valence-corrected chi connectivity index (χ2v) is 8.54. The van der Waals surface area contributed by atoms with E-state index < -0.39 is 0 Å². The highest BCUT2D eigenvalue weighted by molar-refractivity contribution is 6.03. The predicted octanol–water partition coefficient (Wildman–Crippen LogP) is 4.29. The molecule has 1 aliphatic heterocycles. The third-order valence-electron chi connectivity index (χ3n) is 6.39. The largest absolute Gasteiger partial charge is 0.388 e. The average Bonchev–Trinajstić information content (AvgIpc) is 2.74. The summed E-state index contributed by atoms with van der Waals surface area (Å²) in [7, 11) is 1.87. The van der Waals surface area contributed by atoms with Crippen LogP contribution in [0.25, 0.3) is 0 Å².